The van der Waals surface area contributed by atoms with Gasteiger partial charge in [0.15, 0.2) is 18.1 Å². The van der Waals surface area contributed by atoms with E-state index < -0.39 is 0 Å². The minimum atomic E-state index is -0.0634. The standard InChI is InChI=1S/C26H29N3O5/c1-17-5-7-20-21(28-17)8-10-24-26(20)34-19(15-32-24)14-27-11-3-4-12-31-18-6-9-23-22(13-18)29(2)25(30)16-33-23/h5-10,13,19,27H,3-4,11-12,14-16H2,1-2H3/t19-/m0/s1. The Hall–Kier alpha value is -3.52. The molecule has 2 aliphatic rings. The Bertz CT molecular complexity index is 1200. The number of pyridine rings is 1. The molecule has 0 radical (unpaired) electrons. The number of fused-ring (bicyclic) bond motifs is 4. The summed E-state index contributed by atoms with van der Waals surface area (Å²) >= 11 is 0. The zero-order valence-corrected chi connectivity index (χ0v) is 19.5. The lowest BCUT2D eigenvalue weighted by Gasteiger charge is -2.27. The molecule has 5 rings (SSSR count). The van der Waals surface area contributed by atoms with Crippen molar-refractivity contribution in [2.24, 2.45) is 0 Å². The highest BCUT2D eigenvalue weighted by atomic mass is 16.6. The van der Waals surface area contributed by atoms with Crippen LogP contribution in [-0.4, -0.2) is 57.0 Å². The summed E-state index contributed by atoms with van der Waals surface area (Å²) in [6, 6.07) is 13.5. The Morgan fingerprint density at radius 3 is 2.91 bits per heavy atom. The number of benzene rings is 2. The third-order valence-electron chi connectivity index (χ3n) is 6.04. The summed E-state index contributed by atoms with van der Waals surface area (Å²) in [4.78, 5) is 18.0. The molecule has 1 amide bonds. The first-order valence-electron chi connectivity index (χ1n) is 11.7. The van der Waals surface area contributed by atoms with E-state index in [1.165, 1.54) is 0 Å². The summed E-state index contributed by atoms with van der Waals surface area (Å²) in [5.41, 5.74) is 2.64. The summed E-state index contributed by atoms with van der Waals surface area (Å²) in [6.45, 7) is 4.76. The van der Waals surface area contributed by atoms with E-state index in [0.717, 1.165) is 58.9 Å². The van der Waals surface area contributed by atoms with Gasteiger partial charge in [-0.05, 0) is 62.7 Å². The van der Waals surface area contributed by atoms with Gasteiger partial charge in [-0.2, -0.15) is 0 Å². The zero-order chi connectivity index (χ0) is 23.5. The normalized spacial score (nSPS) is 16.8. The second-order valence-corrected chi connectivity index (χ2v) is 8.59. The molecule has 1 atom stereocenters. The van der Waals surface area contributed by atoms with Crippen molar-refractivity contribution in [1.82, 2.24) is 10.3 Å². The summed E-state index contributed by atoms with van der Waals surface area (Å²) in [5.74, 6) is 2.93. The predicted octanol–water partition coefficient (Wildman–Crippen LogP) is 3.49. The molecule has 3 heterocycles. The van der Waals surface area contributed by atoms with Crippen LogP contribution in [0.2, 0.25) is 0 Å². The molecule has 1 aromatic heterocycles. The summed E-state index contributed by atoms with van der Waals surface area (Å²) in [6.07, 6.45) is 1.84. The molecule has 0 saturated carbocycles. The fraction of sp³-hybridized carbons (Fsp3) is 0.385. The molecule has 34 heavy (non-hydrogen) atoms. The highest BCUT2D eigenvalue weighted by Gasteiger charge is 2.24. The van der Waals surface area contributed by atoms with E-state index in [4.69, 9.17) is 18.9 Å². The van der Waals surface area contributed by atoms with Crippen LogP contribution in [-0.2, 0) is 4.79 Å². The molecule has 0 fully saturated rings. The van der Waals surface area contributed by atoms with Gasteiger partial charge in [0.2, 0.25) is 0 Å². The van der Waals surface area contributed by atoms with Crippen molar-refractivity contribution in [2.45, 2.75) is 25.9 Å². The first kappa shape index (κ1) is 22.3. The first-order valence-corrected chi connectivity index (χ1v) is 11.7. The lowest BCUT2D eigenvalue weighted by molar-refractivity contribution is -0.120. The summed E-state index contributed by atoms with van der Waals surface area (Å²) in [7, 11) is 1.75. The minimum Gasteiger partial charge on any atom is -0.494 e. The molecular formula is C26H29N3O5. The number of nitrogens with one attached hydrogen (secondary N) is 1. The number of aryl methyl sites for hydroxylation is 1. The van der Waals surface area contributed by atoms with Crippen molar-refractivity contribution in [3.8, 4) is 23.0 Å². The lowest BCUT2D eigenvalue weighted by atomic mass is 10.1. The Balaban J connectivity index is 1.04. The van der Waals surface area contributed by atoms with Gasteiger partial charge >= 0.3 is 0 Å². The molecule has 0 saturated heterocycles. The van der Waals surface area contributed by atoms with Gasteiger partial charge in [0.05, 0.1) is 17.8 Å². The Kier molecular flexibility index (Phi) is 6.40. The van der Waals surface area contributed by atoms with Crippen LogP contribution in [0.1, 0.15) is 18.5 Å². The van der Waals surface area contributed by atoms with E-state index >= 15 is 0 Å². The predicted molar refractivity (Wildman–Crippen MR) is 129 cm³/mol. The number of rotatable bonds is 8. The maximum absolute atomic E-state index is 11.8. The molecule has 0 aliphatic carbocycles. The minimum absolute atomic E-state index is 0.0481. The summed E-state index contributed by atoms with van der Waals surface area (Å²) < 4.78 is 23.5. The molecular weight excluding hydrogens is 434 g/mol. The first-order chi connectivity index (χ1) is 16.6. The SMILES string of the molecule is Cc1ccc2c3c(ccc2n1)OC[C@H](CNCCCCOc1ccc2c(c1)N(C)C(=O)CO2)O3. The maximum atomic E-state index is 11.8. The van der Waals surface area contributed by atoms with Crippen LogP contribution in [0, 0.1) is 6.92 Å². The van der Waals surface area contributed by atoms with Gasteiger partial charge in [0, 0.05) is 30.7 Å². The highest BCUT2D eigenvalue weighted by molar-refractivity contribution is 5.97. The maximum Gasteiger partial charge on any atom is 0.264 e. The van der Waals surface area contributed by atoms with Crippen molar-refractivity contribution in [2.75, 3.05) is 44.9 Å². The fourth-order valence-electron chi connectivity index (χ4n) is 4.13. The second kappa shape index (κ2) is 9.77. The van der Waals surface area contributed by atoms with Gasteiger partial charge in [-0.25, -0.2) is 0 Å². The molecule has 0 bridgehead atoms. The van der Waals surface area contributed by atoms with Crippen molar-refractivity contribution in [3.63, 3.8) is 0 Å². The molecule has 0 unspecified atom stereocenters. The number of aromatic nitrogens is 1. The molecule has 0 spiro atoms. The van der Waals surface area contributed by atoms with E-state index in [-0.39, 0.29) is 18.6 Å². The fourth-order valence-corrected chi connectivity index (χ4v) is 4.13. The Labute approximate surface area is 198 Å². The van der Waals surface area contributed by atoms with Crippen LogP contribution in [0.15, 0.2) is 42.5 Å². The number of ether oxygens (including phenoxy) is 4. The van der Waals surface area contributed by atoms with E-state index in [9.17, 15) is 4.79 Å². The van der Waals surface area contributed by atoms with Gasteiger partial charge in [-0.1, -0.05) is 0 Å². The summed E-state index contributed by atoms with van der Waals surface area (Å²) in [5, 5.41) is 4.44. The molecule has 8 nitrogen and oxygen atoms in total. The van der Waals surface area contributed by atoms with Gasteiger partial charge < -0.3 is 29.2 Å². The number of anilines is 1. The van der Waals surface area contributed by atoms with E-state index in [1.807, 2.05) is 49.4 Å². The number of carbonyl (C=O) groups excluding carboxylic acids is 1. The van der Waals surface area contributed by atoms with Crippen molar-refractivity contribution >= 4 is 22.5 Å². The third-order valence-corrected chi connectivity index (χ3v) is 6.04. The molecule has 8 heteroatoms. The van der Waals surface area contributed by atoms with Crippen LogP contribution in [0.5, 0.6) is 23.0 Å². The Morgan fingerprint density at radius 1 is 1.12 bits per heavy atom. The molecule has 178 valence electrons. The molecule has 2 aliphatic heterocycles. The Morgan fingerprint density at radius 2 is 2.00 bits per heavy atom. The highest BCUT2D eigenvalue weighted by Crippen LogP contribution is 2.38. The van der Waals surface area contributed by atoms with Crippen molar-refractivity contribution < 1.29 is 23.7 Å². The lowest BCUT2D eigenvalue weighted by Crippen LogP contribution is -2.38. The average molecular weight is 464 g/mol. The molecule has 1 N–H and O–H groups in total. The monoisotopic (exact) mass is 463 g/mol. The second-order valence-electron chi connectivity index (χ2n) is 8.59. The van der Waals surface area contributed by atoms with Gasteiger partial charge in [-0.15, -0.1) is 0 Å². The average Bonchev–Trinajstić information content (AvgIpc) is 2.85. The number of amides is 1. The van der Waals surface area contributed by atoms with Crippen molar-refractivity contribution in [3.05, 3.63) is 48.2 Å². The third kappa shape index (κ3) is 4.72. The van der Waals surface area contributed by atoms with E-state index in [1.54, 1.807) is 11.9 Å². The number of unbranched alkanes of at least 4 members (excludes halogenated alkanes) is 1. The van der Waals surface area contributed by atoms with E-state index in [0.29, 0.717) is 25.5 Å². The van der Waals surface area contributed by atoms with Crippen LogP contribution in [0.3, 0.4) is 0 Å². The van der Waals surface area contributed by atoms with Crippen LogP contribution in [0.4, 0.5) is 5.69 Å². The number of carbonyl (C=O) groups is 1. The van der Waals surface area contributed by atoms with E-state index in [2.05, 4.69) is 10.3 Å². The number of hydrogen-bond acceptors (Lipinski definition) is 7. The van der Waals surface area contributed by atoms with Gasteiger partial charge in [0.1, 0.15) is 24.2 Å². The zero-order valence-electron chi connectivity index (χ0n) is 19.5. The quantitative estimate of drug-likeness (QED) is 0.512. The van der Waals surface area contributed by atoms with Crippen LogP contribution < -0.4 is 29.2 Å². The molecule has 2 aromatic carbocycles. The van der Waals surface area contributed by atoms with Crippen LogP contribution in [0.25, 0.3) is 10.9 Å². The molecule has 3 aromatic rings. The van der Waals surface area contributed by atoms with Crippen LogP contribution >= 0.6 is 0 Å². The van der Waals surface area contributed by atoms with Gasteiger partial charge in [0.25, 0.3) is 5.91 Å². The number of nitrogens with zero attached hydrogens (tertiary/aromatic N) is 2. The smallest absolute Gasteiger partial charge is 0.264 e. The van der Waals surface area contributed by atoms with Crippen molar-refractivity contribution in [1.29, 1.82) is 0 Å². The van der Waals surface area contributed by atoms with Gasteiger partial charge in [-0.3, -0.25) is 9.78 Å². The number of hydrogen-bond donors (Lipinski definition) is 1. The topological polar surface area (TPSA) is 82.2 Å². The number of likely N-dealkylation sites (N-methyl/N-ethyl adjacent to an activating group) is 1. The largest absolute Gasteiger partial charge is 0.494 e.